The molecular formula is C10H17NO5. The van der Waals surface area contributed by atoms with E-state index >= 15 is 0 Å². The molecule has 16 heavy (non-hydrogen) atoms. The number of carboxylic acids is 1. The van der Waals surface area contributed by atoms with Gasteiger partial charge in [-0.25, -0.2) is 9.59 Å². The van der Waals surface area contributed by atoms with Crippen molar-refractivity contribution in [3.63, 3.8) is 0 Å². The number of ether oxygens (including phenoxy) is 1. The number of aliphatic hydroxyl groups is 1. The Hall–Kier alpha value is -1.56. The lowest BCUT2D eigenvalue weighted by molar-refractivity contribution is -0.148. The zero-order valence-electron chi connectivity index (χ0n) is 9.34. The molecule has 0 fully saturated rings. The van der Waals surface area contributed by atoms with Gasteiger partial charge in [-0.15, -0.1) is 0 Å². The second-order valence-corrected chi connectivity index (χ2v) is 3.58. The number of alkyl carbamates (subject to hydrolysis) is 1. The van der Waals surface area contributed by atoms with E-state index in [1.54, 1.807) is 13.8 Å². The summed E-state index contributed by atoms with van der Waals surface area (Å²) >= 11 is 0. The minimum atomic E-state index is -1.66. The van der Waals surface area contributed by atoms with Crippen LogP contribution < -0.4 is 5.32 Å². The molecule has 0 saturated heterocycles. The summed E-state index contributed by atoms with van der Waals surface area (Å²) in [5.41, 5.74) is 0. The molecule has 92 valence electrons. The lowest BCUT2D eigenvalue weighted by atomic mass is 9.99. The van der Waals surface area contributed by atoms with Crippen LogP contribution >= 0.6 is 0 Å². The smallest absolute Gasteiger partial charge is 0.407 e. The molecule has 0 aliphatic heterocycles. The summed E-state index contributed by atoms with van der Waals surface area (Å²) in [7, 11) is 0. The lowest BCUT2D eigenvalue weighted by Crippen LogP contribution is -2.50. The normalized spacial score (nSPS) is 14.0. The number of aliphatic hydroxyl groups excluding tert-OH is 1. The molecule has 0 aromatic heterocycles. The molecule has 6 heteroatoms. The van der Waals surface area contributed by atoms with E-state index in [1.165, 1.54) is 6.08 Å². The predicted molar refractivity (Wildman–Crippen MR) is 56.9 cm³/mol. The molecule has 3 N–H and O–H groups in total. The SMILES string of the molecule is C=CCOC(=O)NC(C(C)C)C(O)C(=O)O. The van der Waals surface area contributed by atoms with Gasteiger partial charge in [0, 0.05) is 0 Å². The van der Waals surface area contributed by atoms with E-state index < -0.39 is 24.2 Å². The van der Waals surface area contributed by atoms with Gasteiger partial charge in [0.2, 0.25) is 0 Å². The molecule has 0 saturated carbocycles. The monoisotopic (exact) mass is 231 g/mol. The number of amides is 1. The standard InChI is InChI=1S/C10H17NO5/c1-4-5-16-10(15)11-7(6(2)3)8(12)9(13)14/h4,6-8,12H,1,5H2,2-3H3,(H,11,15)(H,13,14). The van der Waals surface area contributed by atoms with Crippen LogP contribution in [0.4, 0.5) is 4.79 Å². The average molecular weight is 231 g/mol. The first-order valence-electron chi connectivity index (χ1n) is 4.85. The third-order valence-corrected chi connectivity index (χ3v) is 1.93. The van der Waals surface area contributed by atoms with E-state index in [0.29, 0.717) is 0 Å². The molecule has 2 unspecified atom stereocenters. The maximum absolute atomic E-state index is 11.2. The van der Waals surface area contributed by atoms with Crippen molar-refractivity contribution in [2.45, 2.75) is 26.0 Å². The van der Waals surface area contributed by atoms with Crippen LogP contribution in [0.2, 0.25) is 0 Å². The molecule has 6 nitrogen and oxygen atoms in total. The third kappa shape index (κ3) is 4.79. The highest BCUT2D eigenvalue weighted by Crippen LogP contribution is 2.07. The number of hydrogen-bond donors (Lipinski definition) is 3. The summed E-state index contributed by atoms with van der Waals surface area (Å²) in [6.45, 7) is 6.76. The summed E-state index contributed by atoms with van der Waals surface area (Å²) in [4.78, 5) is 21.7. The molecule has 0 heterocycles. The van der Waals surface area contributed by atoms with Gasteiger partial charge >= 0.3 is 12.1 Å². The summed E-state index contributed by atoms with van der Waals surface area (Å²) in [5, 5.41) is 20.3. The van der Waals surface area contributed by atoms with Gasteiger partial charge in [0.05, 0.1) is 6.04 Å². The van der Waals surface area contributed by atoms with Gasteiger partial charge in [0.25, 0.3) is 0 Å². The molecule has 0 bridgehead atoms. The van der Waals surface area contributed by atoms with Crippen LogP contribution in [0.15, 0.2) is 12.7 Å². The highest BCUT2D eigenvalue weighted by Gasteiger charge is 2.30. The van der Waals surface area contributed by atoms with Gasteiger partial charge in [-0.05, 0) is 5.92 Å². The molecule has 0 aromatic carbocycles. The zero-order valence-corrected chi connectivity index (χ0v) is 9.34. The second kappa shape index (κ2) is 6.84. The first-order valence-corrected chi connectivity index (χ1v) is 4.85. The topological polar surface area (TPSA) is 95.9 Å². The fraction of sp³-hybridized carbons (Fsp3) is 0.600. The molecule has 2 atom stereocenters. The van der Waals surface area contributed by atoms with Crippen molar-refractivity contribution in [2.24, 2.45) is 5.92 Å². The molecule has 1 amide bonds. The number of aliphatic carboxylic acids is 1. The third-order valence-electron chi connectivity index (χ3n) is 1.93. The van der Waals surface area contributed by atoms with Crippen molar-refractivity contribution >= 4 is 12.1 Å². The van der Waals surface area contributed by atoms with Gasteiger partial charge < -0.3 is 20.3 Å². The Labute approximate surface area is 93.9 Å². The van der Waals surface area contributed by atoms with E-state index in [1.807, 2.05) is 0 Å². The van der Waals surface area contributed by atoms with Crippen molar-refractivity contribution in [3.05, 3.63) is 12.7 Å². The lowest BCUT2D eigenvalue weighted by Gasteiger charge is -2.24. The number of carboxylic acid groups (broad SMARTS) is 1. The maximum atomic E-state index is 11.2. The largest absolute Gasteiger partial charge is 0.479 e. The van der Waals surface area contributed by atoms with Crippen LogP contribution in [-0.2, 0) is 9.53 Å². The first kappa shape index (κ1) is 14.4. The van der Waals surface area contributed by atoms with Crippen LogP contribution in [0, 0.1) is 5.92 Å². The summed E-state index contributed by atoms with van der Waals surface area (Å²) in [6, 6.07) is -0.894. The van der Waals surface area contributed by atoms with Crippen molar-refractivity contribution in [3.8, 4) is 0 Å². The summed E-state index contributed by atoms with van der Waals surface area (Å²) < 4.78 is 4.63. The Bertz CT molecular complexity index is 264. The number of rotatable bonds is 6. The van der Waals surface area contributed by atoms with Crippen LogP contribution in [0.5, 0.6) is 0 Å². The van der Waals surface area contributed by atoms with Crippen molar-refractivity contribution < 1.29 is 24.5 Å². The Kier molecular flexibility index (Phi) is 6.17. The average Bonchev–Trinajstić information content (AvgIpc) is 2.21. The maximum Gasteiger partial charge on any atom is 0.407 e. The Morgan fingerprint density at radius 1 is 1.50 bits per heavy atom. The Balaban J connectivity index is 4.39. The molecule has 0 spiro atoms. The fourth-order valence-electron chi connectivity index (χ4n) is 1.08. The van der Waals surface area contributed by atoms with Crippen molar-refractivity contribution in [1.82, 2.24) is 5.32 Å². The van der Waals surface area contributed by atoms with Crippen molar-refractivity contribution in [2.75, 3.05) is 6.61 Å². The van der Waals surface area contributed by atoms with Crippen LogP contribution in [0.1, 0.15) is 13.8 Å². The molecule has 0 aromatic rings. The van der Waals surface area contributed by atoms with E-state index in [2.05, 4.69) is 16.6 Å². The van der Waals surface area contributed by atoms with E-state index in [9.17, 15) is 14.7 Å². The highest BCUT2D eigenvalue weighted by atomic mass is 16.5. The second-order valence-electron chi connectivity index (χ2n) is 3.58. The van der Waals surface area contributed by atoms with E-state index in [0.717, 1.165) is 0 Å². The van der Waals surface area contributed by atoms with Crippen LogP contribution in [-0.4, -0.2) is 41.0 Å². The van der Waals surface area contributed by atoms with Crippen LogP contribution in [0.25, 0.3) is 0 Å². The Morgan fingerprint density at radius 2 is 2.06 bits per heavy atom. The number of hydrogen-bond acceptors (Lipinski definition) is 4. The quantitative estimate of drug-likeness (QED) is 0.574. The first-order chi connectivity index (χ1) is 7.40. The zero-order chi connectivity index (χ0) is 12.7. The van der Waals surface area contributed by atoms with E-state index in [-0.39, 0.29) is 12.5 Å². The van der Waals surface area contributed by atoms with Gasteiger partial charge in [-0.3, -0.25) is 0 Å². The highest BCUT2D eigenvalue weighted by molar-refractivity contribution is 5.75. The number of carbonyl (C=O) groups is 2. The van der Waals surface area contributed by atoms with Gasteiger partial charge in [0.1, 0.15) is 6.61 Å². The minimum Gasteiger partial charge on any atom is -0.479 e. The molecule has 0 rings (SSSR count). The van der Waals surface area contributed by atoms with E-state index in [4.69, 9.17) is 5.11 Å². The number of nitrogens with one attached hydrogen (secondary N) is 1. The fourth-order valence-corrected chi connectivity index (χ4v) is 1.08. The minimum absolute atomic E-state index is 0.0276. The predicted octanol–water partition coefficient (Wildman–Crippen LogP) is 0.369. The molecular weight excluding hydrogens is 214 g/mol. The Morgan fingerprint density at radius 3 is 2.44 bits per heavy atom. The van der Waals surface area contributed by atoms with Crippen LogP contribution in [0.3, 0.4) is 0 Å². The summed E-state index contributed by atoms with van der Waals surface area (Å²) in [6.07, 6.45) is -1.05. The molecule has 0 aliphatic carbocycles. The van der Waals surface area contributed by atoms with Crippen molar-refractivity contribution in [1.29, 1.82) is 0 Å². The van der Waals surface area contributed by atoms with Gasteiger partial charge in [-0.1, -0.05) is 26.5 Å². The summed E-state index contributed by atoms with van der Waals surface area (Å²) in [5.74, 6) is -1.62. The molecule has 0 radical (unpaired) electrons. The number of carbonyl (C=O) groups excluding carboxylic acids is 1. The van der Waals surface area contributed by atoms with Gasteiger partial charge in [0.15, 0.2) is 6.10 Å². The van der Waals surface area contributed by atoms with Gasteiger partial charge in [-0.2, -0.15) is 0 Å². The molecule has 0 aliphatic rings.